The van der Waals surface area contributed by atoms with Crippen LogP contribution in [0.1, 0.15) is 35.8 Å². The topological polar surface area (TPSA) is 57.8 Å². The molecule has 0 fully saturated rings. The summed E-state index contributed by atoms with van der Waals surface area (Å²) in [7, 11) is 0. The van der Waals surface area contributed by atoms with Gasteiger partial charge in [0, 0.05) is 16.7 Å². The molecule has 0 saturated heterocycles. The van der Waals surface area contributed by atoms with Gasteiger partial charge in [-0.15, -0.1) is 11.8 Å². The molecule has 19 heavy (non-hydrogen) atoms. The Morgan fingerprint density at radius 1 is 1.37 bits per heavy atom. The largest absolute Gasteiger partial charge is 0.305 e. The van der Waals surface area contributed by atoms with Crippen molar-refractivity contribution in [1.82, 2.24) is 10.2 Å². The number of amides is 1. The number of rotatable bonds is 4. The number of anilines is 1. The van der Waals surface area contributed by atoms with Gasteiger partial charge in [0.25, 0.3) is 5.91 Å². The Balaban J connectivity index is 2.16. The second kappa shape index (κ2) is 5.93. The van der Waals surface area contributed by atoms with Crippen molar-refractivity contribution in [1.29, 1.82) is 0 Å². The van der Waals surface area contributed by atoms with Crippen LogP contribution in [-0.4, -0.2) is 22.4 Å². The molecule has 0 aliphatic rings. The zero-order chi connectivity index (χ0) is 13.8. The lowest BCUT2D eigenvalue weighted by molar-refractivity contribution is 0.102. The molecule has 0 saturated carbocycles. The van der Waals surface area contributed by atoms with E-state index in [4.69, 9.17) is 0 Å². The summed E-state index contributed by atoms with van der Waals surface area (Å²) in [6, 6.07) is 9.40. The quantitative estimate of drug-likeness (QED) is 0.839. The molecule has 5 heteroatoms. The van der Waals surface area contributed by atoms with Gasteiger partial charge in [-0.05, 0) is 24.3 Å². The summed E-state index contributed by atoms with van der Waals surface area (Å²) in [5.41, 5.74) is 1.68. The predicted octanol–water partition coefficient (Wildman–Crippen LogP) is 3.51. The number of carbonyl (C=O) groups excluding carboxylic acids is 1. The maximum atomic E-state index is 12.2. The fraction of sp³-hybridized carbons (Fsp3) is 0.286. The van der Waals surface area contributed by atoms with Gasteiger partial charge in [0.1, 0.15) is 0 Å². The number of carbonyl (C=O) groups is 1. The highest BCUT2D eigenvalue weighted by atomic mass is 32.2. The molecule has 0 aliphatic heterocycles. The predicted molar refractivity (Wildman–Crippen MR) is 78.9 cm³/mol. The molecule has 1 aromatic heterocycles. The maximum absolute atomic E-state index is 12.2. The van der Waals surface area contributed by atoms with Gasteiger partial charge in [-0.1, -0.05) is 26.0 Å². The zero-order valence-corrected chi connectivity index (χ0v) is 12.0. The Morgan fingerprint density at radius 2 is 2.11 bits per heavy atom. The van der Waals surface area contributed by atoms with Crippen LogP contribution in [0.15, 0.2) is 35.2 Å². The van der Waals surface area contributed by atoms with E-state index in [0.717, 1.165) is 10.6 Å². The van der Waals surface area contributed by atoms with Gasteiger partial charge in [0.05, 0.1) is 5.56 Å². The lowest BCUT2D eigenvalue weighted by Crippen LogP contribution is -2.13. The first-order valence-corrected chi connectivity index (χ1v) is 7.34. The van der Waals surface area contributed by atoms with Crippen LogP contribution in [0, 0.1) is 0 Å². The summed E-state index contributed by atoms with van der Waals surface area (Å²) >= 11 is 1.56. The Labute approximate surface area is 117 Å². The monoisotopic (exact) mass is 275 g/mol. The summed E-state index contributed by atoms with van der Waals surface area (Å²) in [5, 5.41) is 9.83. The number of aromatic nitrogens is 2. The van der Waals surface area contributed by atoms with Gasteiger partial charge in [-0.2, -0.15) is 5.10 Å². The minimum Gasteiger partial charge on any atom is -0.305 e. The van der Waals surface area contributed by atoms with E-state index in [1.165, 1.54) is 0 Å². The van der Waals surface area contributed by atoms with Gasteiger partial charge in [-0.3, -0.25) is 9.89 Å². The molecule has 1 aromatic carbocycles. The molecular weight excluding hydrogens is 258 g/mol. The lowest BCUT2D eigenvalue weighted by Gasteiger charge is -2.06. The maximum Gasteiger partial charge on any atom is 0.257 e. The zero-order valence-electron chi connectivity index (χ0n) is 11.2. The van der Waals surface area contributed by atoms with Gasteiger partial charge >= 0.3 is 0 Å². The molecule has 100 valence electrons. The van der Waals surface area contributed by atoms with E-state index in [2.05, 4.69) is 29.4 Å². The van der Waals surface area contributed by atoms with Gasteiger partial charge in [-0.25, -0.2) is 0 Å². The summed E-state index contributed by atoms with van der Waals surface area (Å²) in [6.07, 6.45) is 1.96. The average Bonchev–Trinajstić information content (AvgIpc) is 2.87. The molecule has 2 N–H and O–H groups in total. The Kier molecular flexibility index (Phi) is 4.27. The molecule has 0 atom stereocenters. The summed E-state index contributed by atoms with van der Waals surface area (Å²) in [4.78, 5) is 13.2. The number of benzene rings is 1. The Hall–Kier alpha value is -1.75. The number of nitrogens with zero attached hydrogens (tertiary/aromatic N) is 1. The molecule has 0 aliphatic carbocycles. The minimum absolute atomic E-state index is 0.133. The molecule has 1 amide bonds. The summed E-state index contributed by atoms with van der Waals surface area (Å²) < 4.78 is 0. The SMILES string of the molecule is CSc1ccccc1C(=O)Nc1cc(C(C)C)[nH]n1. The molecule has 0 spiro atoms. The van der Waals surface area contributed by atoms with E-state index in [0.29, 0.717) is 17.3 Å². The second-order valence-electron chi connectivity index (χ2n) is 4.52. The second-order valence-corrected chi connectivity index (χ2v) is 5.37. The van der Waals surface area contributed by atoms with Crippen LogP contribution >= 0.6 is 11.8 Å². The number of hydrogen-bond donors (Lipinski definition) is 2. The van der Waals surface area contributed by atoms with Crippen molar-refractivity contribution in [2.45, 2.75) is 24.7 Å². The van der Waals surface area contributed by atoms with Crippen LogP contribution in [0.2, 0.25) is 0 Å². The third-order valence-corrected chi connectivity index (χ3v) is 3.61. The van der Waals surface area contributed by atoms with Crippen LogP contribution in [-0.2, 0) is 0 Å². The molecule has 2 aromatic rings. The van der Waals surface area contributed by atoms with Crippen LogP contribution in [0.3, 0.4) is 0 Å². The van der Waals surface area contributed by atoms with Crippen LogP contribution in [0.25, 0.3) is 0 Å². The number of thioether (sulfide) groups is 1. The van der Waals surface area contributed by atoms with Gasteiger partial charge in [0.15, 0.2) is 5.82 Å². The minimum atomic E-state index is -0.133. The van der Waals surface area contributed by atoms with Crippen molar-refractivity contribution in [2.75, 3.05) is 11.6 Å². The molecule has 0 radical (unpaired) electrons. The van der Waals surface area contributed by atoms with E-state index < -0.39 is 0 Å². The highest BCUT2D eigenvalue weighted by molar-refractivity contribution is 7.98. The van der Waals surface area contributed by atoms with E-state index >= 15 is 0 Å². The van der Waals surface area contributed by atoms with Crippen molar-refractivity contribution >= 4 is 23.5 Å². The van der Waals surface area contributed by atoms with Crippen molar-refractivity contribution < 1.29 is 4.79 Å². The van der Waals surface area contributed by atoms with E-state index in [9.17, 15) is 4.79 Å². The van der Waals surface area contributed by atoms with Crippen LogP contribution in [0.4, 0.5) is 5.82 Å². The number of aromatic amines is 1. The molecular formula is C14H17N3OS. The standard InChI is InChI=1S/C14H17N3OS/c1-9(2)11-8-13(17-16-11)15-14(18)10-6-4-5-7-12(10)19-3/h4-9H,1-3H3,(H2,15,16,17,18). The van der Waals surface area contributed by atoms with E-state index in [1.54, 1.807) is 11.8 Å². The summed E-state index contributed by atoms with van der Waals surface area (Å²) in [6.45, 7) is 4.14. The lowest BCUT2D eigenvalue weighted by atomic mass is 10.1. The van der Waals surface area contributed by atoms with Gasteiger partial charge < -0.3 is 5.32 Å². The number of nitrogens with one attached hydrogen (secondary N) is 2. The van der Waals surface area contributed by atoms with Crippen molar-refractivity contribution in [3.63, 3.8) is 0 Å². The third-order valence-electron chi connectivity index (χ3n) is 2.81. The van der Waals surface area contributed by atoms with E-state index in [-0.39, 0.29) is 5.91 Å². The fourth-order valence-corrected chi connectivity index (χ4v) is 2.31. The summed E-state index contributed by atoms with van der Waals surface area (Å²) in [5.74, 6) is 0.785. The molecule has 0 bridgehead atoms. The van der Waals surface area contributed by atoms with Gasteiger partial charge in [0.2, 0.25) is 0 Å². The van der Waals surface area contributed by atoms with Crippen molar-refractivity contribution in [3.8, 4) is 0 Å². The van der Waals surface area contributed by atoms with Crippen molar-refractivity contribution in [3.05, 3.63) is 41.6 Å². The smallest absolute Gasteiger partial charge is 0.257 e. The van der Waals surface area contributed by atoms with Crippen LogP contribution in [0.5, 0.6) is 0 Å². The Bertz CT molecular complexity index is 578. The molecule has 1 heterocycles. The number of H-pyrrole nitrogens is 1. The first-order valence-electron chi connectivity index (χ1n) is 6.11. The first kappa shape index (κ1) is 13.7. The molecule has 2 rings (SSSR count). The highest BCUT2D eigenvalue weighted by Gasteiger charge is 2.12. The normalized spacial score (nSPS) is 10.7. The fourth-order valence-electron chi connectivity index (χ4n) is 1.71. The third kappa shape index (κ3) is 3.17. The van der Waals surface area contributed by atoms with Crippen molar-refractivity contribution in [2.24, 2.45) is 0 Å². The first-order chi connectivity index (χ1) is 9.11. The average molecular weight is 275 g/mol. The molecule has 4 nitrogen and oxygen atoms in total. The van der Waals surface area contributed by atoms with Crippen LogP contribution < -0.4 is 5.32 Å². The van der Waals surface area contributed by atoms with E-state index in [1.807, 2.05) is 36.6 Å². The number of hydrogen-bond acceptors (Lipinski definition) is 3. The Morgan fingerprint density at radius 3 is 2.74 bits per heavy atom. The molecule has 0 unspecified atom stereocenters. The highest BCUT2D eigenvalue weighted by Crippen LogP contribution is 2.21.